The Kier molecular flexibility index (Phi) is 54.4. The van der Waals surface area contributed by atoms with E-state index in [1.165, 1.54) is 19.3 Å². The van der Waals surface area contributed by atoms with Gasteiger partial charge in [0.1, 0.15) is 48.8 Å². The molecule has 0 spiro atoms. The minimum atomic E-state index is -1.27. The highest BCUT2D eigenvalue weighted by Crippen LogP contribution is 2.25. The first-order chi connectivity index (χ1) is 29.9. The van der Waals surface area contributed by atoms with Gasteiger partial charge in [0.2, 0.25) is 0 Å². The second-order valence-corrected chi connectivity index (χ2v) is 13.9. The molecular formula is C50H92O12. The second kappa shape index (κ2) is 51.1. The number of hydrogen-bond donors (Lipinski definition) is 8. The van der Waals surface area contributed by atoms with Crippen LogP contribution in [0.3, 0.4) is 0 Å². The van der Waals surface area contributed by atoms with Gasteiger partial charge in [-0.05, 0) is 71.6 Å². The van der Waals surface area contributed by atoms with E-state index in [2.05, 4.69) is 128 Å². The van der Waals surface area contributed by atoms with Crippen molar-refractivity contribution in [2.24, 2.45) is 0 Å². The summed E-state index contributed by atoms with van der Waals surface area (Å²) in [5, 5.41) is 74.3. The van der Waals surface area contributed by atoms with Crippen LogP contribution in [0.4, 0.5) is 0 Å². The lowest BCUT2D eigenvalue weighted by molar-refractivity contribution is -0.175. The molecule has 2 saturated heterocycles. The lowest BCUT2D eigenvalue weighted by Crippen LogP contribution is -2.40. The van der Waals surface area contributed by atoms with Gasteiger partial charge in [0.25, 0.3) is 0 Å². The summed E-state index contributed by atoms with van der Waals surface area (Å²) in [6.07, 6.45) is 33.3. The summed E-state index contributed by atoms with van der Waals surface area (Å²) in [5.41, 5.74) is 0. The fourth-order valence-electron chi connectivity index (χ4n) is 4.77. The third kappa shape index (κ3) is 37.9. The molecule has 12 heteroatoms. The minimum Gasteiger partial charge on any atom is -0.394 e. The van der Waals surface area contributed by atoms with Crippen LogP contribution in [-0.4, -0.2) is 129 Å². The molecule has 2 rings (SSSR count). The summed E-state index contributed by atoms with van der Waals surface area (Å²) < 4.78 is 20.5. The highest BCUT2D eigenvalue weighted by molar-refractivity contribution is 4.97. The summed E-state index contributed by atoms with van der Waals surface area (Å²) in [5.74, 6) is 0. The molecule has 12 nitrogen and oxygen atoms in total. The van der Waals surface area contributed by atoms with Gasteiger partial charge in [-0.1, -0.05) is 159 Å². The van der Waals surface area contributed by atoms with Crippen LogP contribution in [0.15, 0.2) is 97.2 Å². The monoisotopic (exact) mass is 885 g/mol. The molecule has 364 valence electrons. The molecular weight excluding hydrogens is 793 g/mol. The minimum absolute atomic E-state index is 0.243. The van der Waals surface area contributed by atoms with Crippen molar-refractivity contribution in [1.29, 1.82) is 0 Å². The van der Waals surface area contributed by atoms with Crippen molar-refractivity contribution in [1.82, 2.24) is 0 Å². The van der Waals surface area contributed by atoms with Crippen molar-refractivity contribution >= 4 is 0 Å². The van der Waals surface area contributed by atoms with Crippen molar-refractivity contribution in [2.75, 3.05) is 26.4 Å². The summed E-state index contributed by atoms with van der Waals surface area (Å²) in [7, 11) is 0. The molecule has 2 heterocycles. The van der Waals surface area contributed by atoms with Crippen molar-refractivity contribution in [3.8, 4) is 0 Å². The van der Waals surface area contributed by atoms with Gasteiger partial charge in [0.05, 0.1) is 26.4 Å². The van der Waals surface area contributed by atoms with E-state index >= 15 is 0 Å². The van der Waals surface area contributed by atoms with Crippen LogP contribution in [0, 0.1) is 0 Å². The normalized spacial score (nSPS) is 24.5. The van der Waals surface area contributed by atoms with Gasteiger partial charge in [-0.25, -0.2) is 0 Å². The van der Waals surface area contributed by atoms with Crippen LogP contribution in [0.5, 0.6) is 0 Å². The zero-order valence-corrected chi connectivity index (χ0v) is 40.1. The van der Waals surface area contributed by atoms with Crippen LogP contribution < -0.4 is 0 Å². The van der Waals surface area contributed by atoms with E-state index in [9.17, 15) is 30.6 Å². The number of aliphatic hydroxyl groups excluding tert-OH is 8. The van der Waals surface area contributed by atoms with E-state index in [0.29, 0.717) is 0 Å². The molecule has 0 bridgehead atoms. The Morgan fingerprint density at radius 3 is 0.887 bits per heavy atom. The Balaban J connectivity index is -0.000000345. The standard InChI is InChI=1S/C12H20.2C10H18O6.C9H16.C6H12.C3H8/c1-3-5-7-9-11-12-10-8-6-4-2;2*1-2-3-4-15-10-8(14)7(13)9(16-10)6(12)5-11;1-3-5-7-9-8-6-4-2;1-3-5-6-4-2;1-3-2/h5-8,11-12H,3-4,9-10H2,1-2H3;2*2-3,6-14H,4-5H2,1H3;5-8H,3-4,9H2,1-2H3;5-6H,3-4H2,1-2H3;3H2,1-2H3/b7-5-,8-6-,12-11-;2*3-2+;7-5-,8-6-;6-5-;. The second-order valence-electron chi connectivity index (χ2n) is 13.9. The zero-order valence-electron chi connectivity index (χ0n) is 40.1. The number of hydrogen-bond acceptors (Lipinski definition) is 12. The lowest BCUT2D eigenvalue weighted by Gasteiger charge is -2.18. The largest absolute Gasteiger partial charge is 0.394 e. The van der Waals surface area contributed by atoms with E-state index in [4.69, 9.17) is 29.2 Å². The Morgan fingerprint density at radius 1 is 0.419 bits per heavy atom. The average molecular weight is 885 g/mol. The van der Waals surface area contributed by atoms with E-state index in [0.717, 1.165) is 44.9 Å². The Bertz CT molecular complexity index is 1060. The topological polar surface area (TPSA) is 199 Å². The molecule has 10 unspecified atom stereocenters. The predicted molar refractivity (Wildman–Crippen MR) is 255 cm³/mol. The third-order valence-corrected chi connectivity index (χ3v) is 8.06. The van der Waals surface area contributed by atoms with E-state index in [1.807, 2.05) is 13.8 Å². The Hall–Kier alpha value is -2.56. The summed E-state index contributed by atoms with van der Waals surface area (Å²) in [6.45, 7) is 20.2. The molecule has 62 heavy (non-hydrogen) atoms. The molecule has 8 N–H and O–H groups in total. The number of ether oxygens (including phenoxy) is 4. The quantitative estimate of drug-likeness (QED) is 0.0487. The van der Waals surface area contributed by atoms with Gasteiger partial charge in [-0.2, -0.15) is 0 Å². The first-order valence-electron chi connectivity index (χ1n) is 22.9. The van der Waals surface area contributed by atoms with E-state index in [-0.39, 0.29) is 13.2 Å². The predicted octanol–water partition coefficient (Wildman–Crippen LogP) is 8.10. The molecule has 0 aromatic carbocycles. The average Bonchev–Trinajstić information content (AvgIpc) is 3.73. The van der Waals surface area contributed by atoms with Gasteiger partial charge in [-0.3, -0.25) is 0 Å². The van der Waals surface area contributed by atoms with Crippen LogP contribution in [0.25, 0.3) is 0 Å². The zero-order chi connectivity index (χ0) is 47.8. The van der Waals surface area contributed by atoms with Crippen LogP contribution in [-0.2, 0) is 18.9 Å². The van der Waals surface area contributed by atoms with Crippen LogP contribution in [0.1, 0.15) is 133 Å². The summed E-state index contributed by atoms with van der Waals surface area (Å²) in [4.78, 5) is 0. The molecule has 0 radical (unpaired) electrons. The fourth-order valence-corrected chi connectivity index (χ4v) is 4.77. The summed E-state index contributed by atoms with van der Waals surface area (Å²) in [6, 6.07) is 0. The summed E-state index contributed by atoms with van der Waals surface area (Å²) >= 11 is 0. The third-order valence-electron chi connectivity index (χ3n) is 8.06. The first-order valence-corrected chi connectivity index (χ1v) is 22.9. The van der Waals surface area contributed by atoms with E-state index in [1.54, 1.807) is 24.3 Å². The maximum absolute atomic E-state index is 9.55. The van der Waals surface area contributed by atoms with Crippen molar-refractivity contribution < 1.29 is 59.8 Å². The Morgan fingerprint density at radius 2 is 0.661 bits per heavy atom. The van der Waals surface area contributed by atoms with E-state index < -0.39 is 74.6 Å². The van der Waals surface area contributed by atoms with Crippen molar-refractivity contribution in [3.63, 3.8) is 0 Å². The maximum atomic E-state index is 9.55. The Labute approximate surface area is 377 Å². The molecule has 2 aliphatic heterocycles. The van der Waals surface area contributed by atoms with Gasteiger partial charge in [0.15, 0.2) is 12.6 Å². The molecule has 0 aromatic heterocycles. The smallest absolute Gasteiger partial charge is 0.187 e. The van der Waals surface area contributed by atoms with Gasteiger partial charge in [-0.15, -0.1) is 0 Å². The van der Waals surface area contributed by atoms with Gasteiger partial charge in [0, 0.05) is 0 Å². The highest BCUT2D eigenvalue weighted by Gasteiger charge is 2.47. The molecule has 2 aliphatic rings. The number of allylic oxidation sites excluding steroid dienone is 14. The number of rotatable bonds is 22. The van der Waals surface area contributed by atoms with Crippen LogP contribution in [0.2, 0.25) is 0 Å². The number of aliphatic hydroxyl groups is 8. The van der Waals surface area contributed by atoms with Gasteiger partial charge < -0.3 is 59.8 Å². The highest BCUT2D eigenvalue weighted by atomic mass is 16.7. The van der Waals surface area contributed by atoms with Gasteiger partial charge >= 0.3 is 0 Å². The molecule has 10 atom stereocenters. The molecule has 2 fully saturated rings. The van der Waals surface area contributed by atoms with Crippen molar-refractivity contribution in [2.45, 2.75) is 195 Å². The maximum Gasteiger partial charge on any atom is 0.187 e. The fraction of sp³-hybridized carbons (Fsp3) is 0.680. The van der Waals surface area contributed by atoms with Crippen molar-refractivity contribution in [3.05, 3.63) is 97.2 Å². The molecule has 0 amide bonds. The molecule has 0 saturated carbocycles. The first kappa shape index (κ1) is 66.0. The molecule has 0 aromatic rings. The molecule has 0 aliphatic carbocycles. The SMILES string of the molecule is C/C=C/COC1OC(C(O)CO)C(O)C1O.C/C=C/COC1OC(C(O)CO)C(O)C1O.CC/C=C\C/C=C\C/C=C\CC.CC/C=C\C/C=C\CC.CC/C=C\CC.CCC. The van der Waals surface area contributed by atoms with Crippen LogP contribution >= 0.6 is 0 Å². The lowest BCUT2D eigenvalue weighted by atomic mass is 10.1.